The van der Waals surface area contributed by atoms with Crippen LogP contribution in [0.3, 0.4) is 0 Å². The maximum Gasteiger partial charge on any atom is 0.404 e. The lowest BCUT2D eigenvalue weighted by atomic mass is 10.4. The summed E-state index contributed by atoms with van der Waals surface area (Å²) in [6, 6.07) is 0. The number of carbonyl (C=O) groups is 1. The molecule has 0 aromatic carbocycles. The SMILES string of the molecule is CN(CCO)CCCOC(N)=O. The highest BCUT2D eigenvalue weighted by atomic mass is 16.5. The first-order valence-corrected chi connectivity index (χ1v) is 3.88. The Morgan fingerprint density at radius 3 is 2.75 bits per heavy atom. The van der Waals surface area contributed by atoms with E-state index in [2.05, 4.69) is 4.74 Å². The first-order chi connectivity index (χ1) is 5.66. The number of aliphatic hydroxyl groups excluding tert-OH is 1. The van der Waals surface area contributed by atoms with Gasteiger partial charge >= 0.3 is 6.09 Å². The van der Waals surface area contributed by atoms with Crippen molar-refractivity contribution in [3.8, 4) is 0 Å². The van der Waals surface area contributed by atoms with E-state index in [9.17, 15) is 4.79 Å². The molecule has 0 rings (SSSR count). The standard InChI is InChI=1S/C7H16N2O3/c1-9(4-5-10)3-2-6-12-7(8)11/h10H,2-6H2,1H3,(H2,8,11). The van der Waals surface area contributed by atoms with Crippen LogP contribution in [-0.2, 0) is 4.74 Å². The summed E-state index contributed by atoms with van der Waals surface area (Å²) in [6.07, 6.45) is -0.000730. The lowest BCUT2D eigenvalue weighted by Crippen LogP contribution is -2.25. The molecule has 0 saturated carbocycles. The second-order valence-electron chi connectivity index (χ2n) is 2.55. The number of nitrogens with zero attached hydrogens (tertiary/aromatic N) is 1. The molecule has 0 heterocycles. The molecule has 0 atom stereocenters. The molecule has 0 aliphatic heterocycles. The molecule has 5 nitrogen and oxygen atoms in total. The highest BCUT2D eigenvalue weighted by Gasteiger charge is 1.97. The number of aliphatic hydroxyl groups is 1. The summed E-state index contributed by atoms with van der Waals surface area (Å²) in [5.74, 6) is 0. The summed E-state index contributed by atoms with van der Waals surface area (Å²) < 4.78 is 4.52. The number of nitrogens with two attached hydrogens (primary N) is 1. The first-order valence-electron chi connectivity index (χ1n) is 3.88. The molecule has 0 fully saturated rings. The Morgan fingerprint density at radius 2 is 2.25 bits per heavy atom. The zero-order valence-electron chi connectivity index (χ0n) is 7.32. The molecule has 0 aliphatic rings. The van der Waals surface area contributed by atoms with Crippen molar-refractivity contribution in [2.24, 2.45) is 5.73 Å². The molecule has 0 aliphatic carbocycles. The van der Waals surface area contributed by atoms with E-state index < -0.39 is 6.09 Å². The fourth-order valence-electron chi connectivity index (χ4n) is 0.790. The minimum Gasteiger partial charge on any atom is -0.450 e. The quantitative estimate of drug-likeness (QED) is 0.530. The summed E-state index contributed by atoms with van der Waals surface area (Å²) in [5, 5.41) is 8.53. The predicted octanol–water partition coefficient (Wildman–Crippen LogP) is -0.604. The molecule has 0 spiro atoms. The van der Waals surface area contributed by atoms with Crippen LogP contribution in [0.2, 0.25) is 0 Å². The first kappa shape index (κ1) is 11.2. The van der Waals surface area contributed by atoms with Crippen molar-refractivity contribution in [3.63, 3.8) is 0 Å². The minimum absolute atomic E-state index is 0.146. The maximum atomic E-state index is 10.1. The molecule has 5 heteroatoms. The smallest absolute Gasteiger partial charge is 0.404 e. The van der Waals surface area contributed by atoms with Crippen molar-refractivity contribution in [3.05, 3.63) is 0 Å². The zero-order chi connectivity index (χ0) is 9.40. The fourth-order valence-corrected chi connectivity index (χ4v) is 0.790. The van der Waals surface area contributed by atoms with E-state index in [0.717, 1.165) is 13.0 Å². The lowest BCUT2D eigenvalue weighted by molar-refractivity contribution is 0.147. The summed E-state index contributed by atoms with van der Waals surface area (Å²) in [4.78, 5) is 12.1. The van der Waals surface area contributed by atoms with Gasteiger partial charge in [0.2, 0.25) is 0 Å². The van der Waals surface area contributed by atoms with E-state index in [-0.39, 0.29) is 6.61 Å². The van der Waals surface area contributed by atoms with E-state index in [0.29, 0.717) is 13.2 Å². The lowest BCUT2D eigenvalue weighted by Gasteiger charge is -2.13. The number of hydrogen-bond acceptors (Lipinski definition) is 4. The molecule has 0 bridgehead atoms. The Hall–Kier alpha value is -0.810. The highest BCUT2D eigenvalue weighted by molar-refractivity contribution is 5.64. The van der Waals surface area contributed by atoms with Crippen LogP contribution < -0.4 is 5.73 Å². The van der Waals surface area contributed by atoms with Gasteiger partial charge in [-0.2, -0.15) is 0 Å². The van der Waals surface area contributed by atoms with Crippen molar-refractivity contribution >= 4 is 6.09 Å². The Labute approximate surface area is 72.1 Å². The highest BCUT2D eigenvalue weighted by Crippen LogP contribution is 1.87. The van der Waals surface area contributed by atoms with E-state index >= 15 is 0 Å². The van der Waals surface area contributed by atoms with Crippen LogP contribution in [0.15, 0.2) is 0 Å². The molecular formula is C7H16N2O3. The Balaban J connectivity index is 3.13. The summed E-state index contributed by atoms with van der Waals surface area (Å²) in [5.41, 5.74) is 4.75. The molecule has 3 N–H and O–H groups in total. The van der Waals surface area contributed by atoms with Crippen molar-refractivity contribution in [2.45, 2.75) is 6.42 Å². The van der Waals surface area contributed by atoms with Crippen LogP contribution in [0.25, 0.3) is 0 Å². The molecular weight excluding hydrogens is 160 g/mol. The molecule has 0 saturated heterocycles. The predicted molar refractivity (Wildman–Crippen MR) is 44.7 cm³/mol. The van der Waals surface area contributed by atoms with Gasteiger partial charge < -0.3 is 20.5 Å². The second-order valence-corrected chi connectivity index (χ2v) is 2.55. The van der Waals surface area contributed by atoms with Gasteiger partial charge in [-0.3, -0.25) is 0 Å². The number of rotatable bonds is 6. The van der Waals surface area contributed by atoms with Crippen LogP contribution in [0.5, 0.6) is 0 Å². The topological polar surface area (TPSA) is 75.8 Å². The molecule has 0 radical (unpaired) electrons. The molecule has 12 heavy (non-hydrogen) atoms. The van der Waals surface area contributed by atoms with Gasteiger partial charge in [0.15, 0.2) is 0 Å². The van der Waals surface area contributed by atoms with Crippen molar-refractivity contribution in [1.82, 2.24) is 4.90 Å². The normalized spacial score (nSPS) is 10.2. The number of primary amides is 1. The summed E-state index contributed by atoms with van der Waals surface area (Å²) in [7, 11) is 1.89. The van der Waals surface area contributed by atoms with Gasteiger partial charge in [-0.25, -0.2) is 4.79 Å². The van der Waals surface area contributed by atoms with E-state index in [1.807, 2.05) is 11.9 Å². The number of hydrogen-bond donors (Lipinski definition) is 2. The largest absolute Gasteiger partial charge is 0.450 e. The maximum absolute atomic E-state index is 10.1. The van der Waals surface area contributed by atoms with Gasteiger partial charge in [-0.1, -0.05) is 0 Å². The average molecular weight is 176 g/mol. The van der Waals surface area contributed by atoms with Crippen LogP contribution >= 0.6 is 0 Å². The van der Waals surface area contributed by atoms with Gasteiger partial charge in [0.25, 0.3) is 0 Å². The van der Waals surface area contributed by atoms with Crippen LogP contribution in [0.1, 0.15) is 6.42 Å². The van der Waals surface area contributed by atoms with Crippen molar-refractivity contribution in [1.29, 1.82) is 0 Å². The Morgan fingerprint density at radius 1 is 1.58 bits per heavy atom. The summed E-state index contributed by atoms with van der Waals surface area (Å²) >= 11 is 0. The molecule has 0 aromatic rings. The number of amides is 1. The molecule has 0 aromatic heterocycles. The van der Waals surface area contributed by atoms with Crippen LogP contribution in [-0.4, -0.2) is 49.5 Å². The number of ether oxygens (including phenoxy) is 1. The average Bonchev–Trinajstić information content (AvgIpc) is 1.98. The van der Waals surface area contributed by atoms with Crippen molar-refractivity contribution in [2.75, 3.05) is 33.4 Å². The third-order valence-electron chi connectivity index (χ3n) is 1.41. The summed E-state index contributed by atoms with van der Waals surface area (Å²) in [6.45, 7) is 1.91. The van der Waals surface area contributed by atoms with Gasteiger partial charge in [0.1, 0.15) is 0 Å². The van der Waals surface area contributed by atoms with Gasteiger partial charge in [0, 0.05) is 13.1 Å². The third kappa shape index (κ3) is 7.30. The van der Waals surface area contributed by atoms with Crippen LogP contribution in [0, 0.1) is 0 Å². The minimum atomic E-state index is -0.736. The van der Waals surface area contributed by atoms with Gasteiger partial charge in [-0.15, -0.1) is 0 Å². The second kappa shape index (κ2) is 6.87. The molecule has 72 valence electrons. The zero-order valence-corrected chi connectivity index (χ0v) is 7.32. The number of likely N-dealkylation sites (N-methyl/N-ethyl adjacent to an activating group) is 1. The molecule has 0 unspecified atom stereocenters. The third-order valence-corrected chi connectivity index (χ3v) is 1.41. The fraction of sp³-hybridized carbons (Fsp3) is 0.857. The van der Waals surface area contributed by atoms with E-state index in [1.54, 1.807) is 0 Å². The van der Waals surface area contributed by atoms with E-state index in [4.69, 9.17) is 10.8 Å². The monoisotopic (exact) mass is 176 g/mol. The van der Waals surface area contributed by atoms with Gasteiger partial charge in [-0.05, 0) is 13.5 Å². The van der Waals surface area contributed by atoms with Crippen LogP contribution in [0.4, 0.5) is 4.79 Å². The van der Waals surface area contributed by atoms with E-state index in [1.165, 1.54) is 0 Å². The van der Waals surface area contributed by atoms with Crippen molar-refractivity contribution < 1.29 is 14.6 Å². The number of carbonyl (C=O) groups excluding carboxylic acids is 1. The Bertz CT molecular complexity index is 130. The molecule has 1 amide bonds. The van der Waals surface area contributed by atoms with Gasteiger partial charge in [0.05, 0.1) is 13.2 Å². The Kier molecular flexibility index (Phi) is 6.41.